The number of aryl methyl sites for hydroxylation is 1. The van der Waals surface area contributed by atoms with E-state index in [4.69, 9.17) is 9.72 Å². The van der Waals surface area contributed by atoms with Gasteiger partial charge >= 0.3 is 0 Å². The summed E-state index contributed by atoms with van der Waals surface area (Å²) in [6, 6.07) is 14.8. The molecule has 1 aliphatic heterocycles. The van der Waals surface area contributed by atoms with E-state index in [-0.39, 0.29) is 0 Å². The summed E-state index contributed by atoms with van der Waals surface area (Å²) < 4.78 is 32.9. The minimum absolute atomic E-state index is 0.365. The van der Waals surface area contributed by atoms with Crippen LogP contribution in [0.25, 0.3) is 11.3 Å². The highest BCUT2D eigenvalue weighted by molar-refractivity contribution is 7.94. The van der Waals surface area contributed by atoms with Crippen molar-refractivity contribution in [2.45, 2.75) is 17.1 Å². The monoisotopic (exact) mass is 386 g/mol. The molecule has 1 aromatic carbocycles. The molecule has 0 unspecified atom stereocenters. The first-order valence-corrected chi connectivity index (χ1v) is 10.6. The van der Waals surface area contributed by atoms with E-state index in [1.165, 1.54) is 15.6 Å². The van der Waals surface area contributed by atoms with Crippen molar-refractivity contribution < 1.29 is 13.2 Å². The van der Waals surface area contributed by atoms with Crippen LogP contribution in [-0.4, -0.2) is 27.1 Å². The van der Waals surface area contributed by atoms with Crippen molar-refractivity contribution in [2.75, 3.05) is 18.0 Å². The Morgan fingerprint density at radius 2 is 1.92 bits per heavy atom. The molecule has 0 atom stereocenters. The number of ether oxygens (including phenoxy) is 1. The van der Waals surface area contributed by atoms with Crippen molar-refractivity contribution in [3.8, 4) is 17.0 Å². The number of sulfonamides is 1. The van der Waals surface area contributed by atoms with Gasteiger partial charge in [0.25, 0.3) is 10.0 Å². The van der Waals surface area contributed by atoms with Crippen molar-refractivity contribution in [3.63, 3.8) is 0 Å². The highest BCUT2D eigenvalue weighted by Gasteiger charge is 2.30. The zero-order chi connectivity index (χ0) is 18.1. The van der Waals surface area contributed by atoms with Crippen LogP contribution in [0.2, 0.25) is 0 Å². The number of nitrogens with zero attached hydrogens (tertiary/aromatic N) is 2. The van der Waals surface area contributed by atoms with Crippen LogP contribution in [0.1, 0.15) is 12.1 Å². The lowest BCUT2D eigenvalue weighted by molar-refractivity contribution is 0.415. The first-order chi connectivity index (χ1) is 12.6. The van der Waals surface area contributed by atoms with E-state index in [2.05, 4.69) is 0 Å². The van der Waals surface area contributed by atoms with E-state index in [9.17, 15) is 8.42 Å². The molecule has 0 saturated heterocycles. The van der Waals surface area contributed by atoms with Gasteiger partial charge in [-0.05, 0) is 60.7 Å². The first kappa shape index (κ1) is 17.1. The molecular weight excluding hydrogens is 368 g/mol. The van der Waals surface area contributed by atoms with Gasteiger partial charge in [-0.15, -0.1) is 11.3 Å². The molecule has 0 N–H and O–H groups in total. The normalized spacial score (nSPS) is 14.1. The average molecular weight is 386 g/mol. The fourth-order valence-electron chi connectivity index (χ4n) is 3.11. The summed E-state index contributed by atoms with van der Waals surface area (Å²) >= 11 is 1.24. The van der Waals surface area contributed by atoms with Crippen LogP contribution in [0.4, 0.5) is 5.69 Å². The zero-order valence-electron chi connectivity index (χ0n) is 14.3. The van der Waals surface area contributed by atoms with Crippen LogP contribution >= 0.6 is 11.3 Å². The van der Waals surface area contributed by atoms with Gasteiger partial charge in [0.15, 0.2) is 0 Å². The summed E-state index contributed by atoms with van der Waals surface area (Å²) in [4.78, 5) is 4.74. The number of hydrogen-bond donors (Lipinski definition) is 0. The largest absolute Gasteiger partial charge is 0.497 e. The fraction of sp³-hybridized carbons (Fsp3) is 0.211. The third-order valence-corrected chi connectivity index (χ3v) is 7.61. The second kappa shape index (κ2) is 6.74. The number of fused-ring (bicyclic) bond motifs is 1. The molecule has 0 fully saturated rings. The van der Waals surface area contributed by atoms with Gasteiger partial charge in [-0.3, -0.25) is 9.29 Å². The predicted molar refractivity (Wildman–Crippen MR) is 103 cm³/mol. The summed E-state index contributed by atoms with van der Waals surface area (Å²) in [6.07, 6.45) is 1.53. The quantitative estimate of drug-likeness (QED) is 0.681. The van der Waals surface area contributed by atoms with Crippen molar-refractivity contribution in [1.29, 1.82) is 0 Å². The van der Waals surface area contributed by atoms with Crippen LogP contribution in [0.15, 0.2) is 58.1 Å². The van der Waals surface area contributed by atoms with E-state index in [0.29, 0.717) is 16.4 Å². The molecule has 1 aliphatic rings. The Hall–Kier alpha value is -2.38. The van der Waals surface area contributed by atoms with Gasteiger partial charge in [0.2, 0.25) is 0 Å². The van der Waals surface area contributed by atoms with Crippen LogP contribution in [0, 0.1) is 0 Å². The smallest absolute Gasteiger partial charge is 0.273 e. The Bertz CT molecular complexity index is 1010. The predicted octanol–water partition coefficient (Wildman–Crippen LogP) is 3.96. The third kappa shape index (κ3) is 2.97. The maximum Gasteiger partial charge on any atom is 0.273 e. The molecule has 4 rings (SSSR count). The standard InChI is InChI=1S/C19H18N2O3S2/c1-24-15-8-6-14(7-9-15)16-10-11-18-17(20-16)4-2-12-21(18)26(22,23)19-5-3-13-25-19/h3,5-11,13H,2,4,12H2,1H3. The van der Waals surface area contributed by atoms with Gasteiger partial charge in [-0.2, -0.15) is 0 Å². The summed E-state index contributed by atoms with van der Waals surface area (Å²) in [5.74, 6) is 0.792. The molecule has 3 aromatic rings. The minimum atomic E-state index is -3.52. The fourth-order valence-corrected chi connectivity index (χ4v) is 5.74. The molecule has 0 bridgehead atoms. The van der Waals surface area contributed by atoms with Crippen LogP contribution in [0.5, 0.6) is 5.75 Å². The van der Waals surface area contributed by atoms with Gasteiger partial charge in [0.05, 0.1) is 24.2 Å². The molecule has 0 saturated carbocycles. The minimum Gasteiger partial charge on any atom is -0.497 e. The molecular formula is C19H18N2O3S2. The summed E-state index contributed by atoms with van der Waals surface area (Å²) in [7, 11) is -1.89. The van der Waals surface area contributed by atoms with Crippen LogP contribution < -0.4 is 9.04 Å². The Labute approximate surface area is 156 Å². The Morgan fingerprint density at radius 1 is 1.12 bits per heavy atom. The first-order valence-electron chi connectivity index (χ1n) is 8.30. The molecule has 0 amide bonds. The molecule has 0 aliphatic carbocycles. The number of rotatable bonds is 4. The number of pyridine rings is 1. The topological polar surface area (TPSA) is 59.5 Å². The maximum absolute atomic E-state index is 12.9. The van der Waals surface area contributed by atoms with Gasteiger partial charge < -0.3 is 4.74 Å². The van der Waals surface area contributed by atoms with Crippen molar-refractivity contribution >= 4 is 27.0 Å². The molecule has 26 heavy (non-hydrogen) atoms. The molecule has 134 valence electrons. The second-order valence-electron chi connectivity index (χ2n) is 6.00. The van der Waals surface area contributed by atoms with E-state index in [0.717, 1.165) is 35.5 Å². The summed E-state index contributed by atoms with van der Waals surface area (Å²) in [5.41, 5.74) is 3.32. The highest BCUT2D eigenvalue weighted by Crippen LogP contribution is 2.34. The average Bonchev–Trinajstić information content (AvgIpc) is 3.23. The molecule has 0 spiro atoms. The van der Waals surface area contributed by atoms with E-state index in [1.807, 2.05) is 36.4 Å². The summed E-state index contributed by atoms with van der Waals surface area (Å²) in [6.45, 7) is 0.483. The van der Waals surface area contributed by atoms with Crippen molar-refractivity contribution in [1.82, 2.24) is 4.98 Å². The molecule has 3 heterocycles. The lowest BCUT2D eigenvalue weighted by Crippen LogP contribution is -2.35. The number of benzene rings is 1. The molecule has 7 heteroatoms. The Morgan fingerprint density at radius 3 is 2.62 bits per heavy atom. The van der Waals surface area contributed by atoms with Crippen molar-refractivity contribution in [3.05, 3.63) is 59.6 Å². The third-order valence-electron chi connectivity index (χ3n) is 4.42. The van der Waals surface area contributed by atoms with Gasteiger partial charge in [-0.1, -0.05) is 6.07 Å². The van der Waals surface area contributed by atoms with Gasteiger partial charge in [0.1, 0.15) is 9.96 Å². The van der Waals surface area contributed by atoms with E-state index < -0.39 is 10.0 Å². The number of thiophene rings is 1. The number of aromatic nitrogens is 1. The highest BCUT2D eigenvalue weighted by atomic mass is 32.2. The molecule has 2 aromatic heterocycles. The van der Waals surface area contributed by atoms with Gasteiger partial charge in [-0.25, -0.2) is 8.42 Å². The SMILES string of the molecule is COc1ccc(-c2ccc3c(n2)CCCN3S(=O)(=O)c2cccs2)cc1. The van der Waals surface area contributed by atoms with Crippen molar-refractivity contribution in [2.24, 2.45) is 0 Å². The van der Waals surface area contributed by atoms with E-state index in [1.54, 1.807) is 24.6 Å². The number of hydrogen-bond acceptors (Lipinski definition) is 5. The van der Waals surface area contributed by atoms with E-state index >= 15 is 0 Å². The number of anilines is 1. The van der Waals surface area contributed by atoms with Gasteiger partial charge in [0, 0.05) is 12.1 Å². The molecule has 0 radical (unpaired) electrons. The second-order valence-corrected chi connectivity index (χ2v) is 9.04. The van der Waals surface area contributed by atoms with Crippen LogP contribution in [0.3, 0.4) is 0 Å². The lowest BCUT2D eigenvalue weighted by atomic mass is 10.1. The summed E-state index contributed by atoms with van der Waals surface area (Å²) in [5, 5.41) is 1.78. The zero-order valence-corrected chi connectivity index (χ0v) is 15.9. The lowest BCUT2D eigenvalue weighted by Gasteiger charge is -2.29. The maximum atomic E-state index is 12.9. The van der Waals surface area contributed by atoms with Crippen LogP contribution in [-0.2, 0) is 16.4 Å². The Balaban J connectivity index is 1.72. The molecule has 5 nitrogen and oxygen atoms in total. The number of methoxy groups -OCH3 is 1. The Kier molecular flexibility index (Phi) is 4.42.